The third-order valence-electron chi connectivity index (χ3n) is 11.3. The molecule has 3 aromatic heterocycles. The average molecular weight is 742 g/mol. The first-order chi connectivity index (χ1) is 28.7. The maximum Gasteiger partial charge on any atom is 0.164 e. The second-order valence-corrected chi connectivity index (χ2v) is 14.7. The summed E-state index contributed by atoms with van der Waals surface area (Å²) in [6.45, 7) is 0. The van der Waals surface area contributed by atoms with Gasteiger partial charge in [-0.2, -0.15) is 0 Å². The molecule has 12 rings (SSSR count). The molecular weight excluding hydrogens is 711 g/mol. The van der Waals surface area contributed by atoms with Crippen molar-refractivity contribution in [2.75, 3.05) is 0 Å². The van der Waals surface area contributed by atoms with Crippen molar-refractivity contribution in [3.8, 4) is 56.4 Å². The maximum atomic E-state index is 6.75. The number of fused-ring (bicyclic) bond motifs is 10. The lowest BCUT2D eigenvalue weighted by molar-refractivity contribution is 0.672. The third kappa shape index (κ3) is 5.14. The van der Waals surface area contributed by atoms with Gasteiger partial charge in [-0.25, -0.2) is 15.0 Å². The van der Waals surface area contributed by atoms with Crippen LogP contribution in [0, 0.1) is 0 Å². The van der Waals surface area contributed by atoms with Crippen molar-refractivity contribution in [3.63, 3.8) is 0 Å². The monoisotopic (exact) mass is 741 g/mol. The van der Waals surface area contributed by atoms with Crippen molar-refractivity contribution in [1.29, 1.82) is 0 Å². The minimum atomic E-state index is 0.565. The zero-order chi connectivity index (χ0) is 38.2. The first-order valence-electron chi connectivity index (χ1n) is 19.4. The van der Waals surface area contributed by atoms with E-state index in [0.717, 1.165) is 104 Å². The van der Waals surface area contributed by atoms with Gasteiger partial charge in [-0.05, 0) is 69.4 Å². The molecule has 0 saturated carbocycles. The summed E-state index contributed by atoms with van der Waals surface area (Å²) in [5.41, 5.74) is 10.4. The van der Waals surface area contributed by atoms with Crippen LogP contribution < -0.4 is 0 Å². The van der Waals surface area contributed by atoms with Crippen LogP contribution in [-0.4, -0.2) is 15.0 Å². The fourth-order valence-electron chi connectivity index (χ4n) is 8.52. The van der Waals surface area contributed by atoms with Crippen molar-refractivity contribution < 1.29 is 8.83 Å². The molecule has 0 unspecified atom stereocenters. The van der Waals surface area contributed by atoms with Crippen molar-refractivity contribution in [3.05, 3.63) is 188 Å². The Morgan fingerprint density at radius 1 is 0.293 bits per heavy atom. The normalized spacial score (nSPS) is 11.8. The summed E-state index contributed by atoms with van der Waals surface area (Å²) >= 11 is 0. The number of para-hydroxylation sites is 2. The fourth-order valence-corrected chi connectivity index (χ4v) is 8.52. The summed E-state index contributed by atoms with van der Waals surface area (Å²) in [5.74, 6) is 1.71. The number of rotatable bonds is 5. The number of nitrogens with zero attached hydrogens (tertiary/aromatic N) is 3. The Balaban J connectivity index is 1.16. The Labute approximate surface area is 332 Å². The highest BCUT2D eigenvalue weighted by Gasteiger charge is 2.23. The van der Waals surface area contributed by atoms with E-state index in [1.165, 1.54) is 0 Å². The van der Waals surface area contributed by atoms with Gasteiger partial charge < -0.3 is 8.83 Å². The SMILES string of the molecule is c1ccc(-c2ccc3cc(-c4nc(-c5ccccc5)nc(-c5cc6ccc(-c7ccccc7)cc6c6oc7ccccc7c56)n4)c4c5ccccc5oc4c3c2)cc1. The second kappa shape index (κ2) is 12.8. The minimum Gasteiger partial charge on any atom is -0.455 e. The Bertz CT molecular complexity index is 3340. The van der Waals surface area contributed by atoms with E-state index in [9.17, 15) is 0 Å². The molecule has 0 N–H and O–H groups in total. The van der Waals surface area contributed by atoms with Crippen molar-refractivity contribution in [2.45, 2.75) is 0 Å². The van der Waals surface area contributed by atoms with E-state index in [1.807, 2.05) is 66.7 Å². The first-order valence-corrected chi connectivity index (χ1v) is 19.4. The second-order valence-electron chi connectivity index (χ2n) is 14.7. The lowest BCUT2D eigenvalue weighted by Crippen LogP contribution is -2.01. The van der Waals surface area contributed by atoms with Gasteiger partial charge in [0.2, 0.25) is 0 Å². The Kier molecular flexibility index (Phi) is 7.16. The molecule has 0 spiro atoms. The average Bonchev–Trinajstić information content (AvgIpc) is 3.89. The van der Waals surface area contributed by atoms with Crippen LogP contribution in [0.25, 0.3) is 122 Å². The molecular formula is C53H31N3O2. The topological polar surface area (TPSA) is 65.0 Å². The highest BCUT2D eigenvalue weighted by Crippen LogP contribution is 2.44. The van der Waals surface area contributed by atoms with Gasteiger partial charge in [0.25, 0.3) is 0 Å². The van der Waals surface area contributed by atoms with Crippen molar-refractivity contribution in [1.82, 2.24) is 15.0 Å². The molecule has 0 radical (unpaired) electrons. The van der Waals surface area contributed by atoms with E-state index in [1.54, 1.807) is 0 Å². The smallest absolute Gasteiger partial charge is 0.164 e. The van der Waals surface area contributed by atoms with Gasteiger partial charge >= 0.3 is 0 Å². The molecule has 9 aromatic carbocycles. The lowest BCUT2D eigenvalue weighted by Gasteiger charge is -2.13. The van der Waals surface area contributed by atoms with Gasteiger partial charge in [0, 0.05) is 49.0 Å². The quantitative estimate of drug-likeness (QED) is 0.176. The van der Waals surface area contributed by atoms with E-state index in [4.69, 9.17) is 23.8 Å². The van der Waals surface area contributed by atoms with E-state index >= 15 is 0 Å². The highest BCUT2D eigenvalue weighted by atomic mass is 16.3. The van der Waals surface area contributed by atoms with Crippen LogP contribution in [0.2, 0.25) is 0 Å². The third-order valence-corrected chi connectivity index (χ3v) is 11.3. The number of furan rings is 2. The largest absolute Gasteiger partial charge is 0.455 e. The van der Waals surface area contributed by atoms with Gasteiger partial charge in [-0.15, -0.1) is 0 Å². The fraction of sp³-hybridized carbons (Fsp3) is 0. The molecule has 0 atom stereocenters. The van der Waals surface area contributed by atoms with Gasteiger partial charge in [-0.1, -0.05) is 152 Å². The van der Waals surface area contributed by atoms with Gasteiger partial charge in [0.1, 0.15) is 22.3 Å². The van der Waals surface area contributed by atoms with Gasteiger partial charge in [-0.3, -0.25) is 0 Å². The standard InChI is InChI=1S/C53H31N3O2/c1-4-14-32(15-5-1)35-24-26-37-30-43(47-39-20-10-12-22-45(39)57-49(47)41(37)28-35)52-54-51(34-18-8-3-9-19-34)55-53(56-52)44-31-38-27-25-36(33-16-6-2-7-17-33)29-42(38)50-48(44)40-21-11-13-23-46(40)58-50/h1-31H. The van der Waals surface area contributed by atoms with E-state index in [2.05, 4.69) is 121 Å². The van der Waals surface area contributed by atoms with Crippen LogP contribution >= 0.6 is 0 Å². The Morgan fingerprint density at radius 3 is 1.16 bits per heavy atom. The number of hydrogen-bond donors (Lipinski definition) is 0. The van der Waals surface area contributed by atoms with E-state index in [0.29, 0.717) is 17.5 Å². The van der Waals surface area contributed by atoms with Crippen LogP contribution in [0.5, 0.6) is 0 Å². The first kappa shape index (κ1) is 32.4. The molecule has 0 fully saturated rings. The summed E-state index contributed by atoms with van der Waals surface area (Å²) in [6, 6.07) is 65.0. The molecule has 0 bridgehead atoms. The number of benzene rings is 9. The van der Waals surface area contributed by atoms with Crippen LogP contribution in [0.3, 0.4) is 0 Å². The van der Waals surface area contributed by atoms with Crippen LogP contribution in [-0.2, 0) is 0 Å². The van der Waals surface area contributed by atoms with Gasteiger partial charge in [0.05, 0.1) is 0 Å². The summed E-state index contributed by atoms with van der Waals surface area (Å²) in [7, 11) is 0. The molecule has 3 heterocycles. The molecule has 58 heavy (non-hydrogen) atoms. The Morgan fingerprint density at radius 2 is 0.690 bits per heavy atom. The molecule has 0 aliphatic heterocycles. The molecule has 0 amide bonds. The predicted molar refractivity (Wildman–Crippen MR) is 237 cm³/mol. The lowest BCUT2D eigenvalue weighted by atomic mass is 9.95. The summed E-state index contributed by atoms with van der Waals surface area (Å²) in [6.07, 6.45) is 0. The molecule has 5 nitrogen and oxygen atoms in total. The molecule has 5 heteroatoms. The van der Waals surface area contributed by atoms with Gasteiger partial charge in [0.15, 0.2) is 17.5 Å². The molecule has 0 aliphatic rings. The highest BCUT2D eigenvalue weighted by molar-refractivity contribution is 6.23. The van der Waals surface area contributed by atoms with E-state index in [-0.39, 0.29) is 0 Å². The maximum absolute atomic E-state index is 6.75. The number of aromatic nitrogens is 3. The van der Waals surface area contributed by atoms with E-state index < -0.39 is 0 Å². The van der Waals surface area contributed by atoms with Crippen molar-refractivity contribution in [2.24, 2.45) is 0 Å². The Hall–Kier alpha value is -7.89. The predicted octanol–water partition coefficient (Wildman–Crippen LogP) is 14.3. The van der Waals surface area contributed by atoms with Crippen LogP contribution in [0.1, 0.15) is 0 Å². The summed E-state index contributed by atoms with van der Waals surface area (Å²) in [5, 5.41) is 8.08. The summed E-state index contributed by atoms with van der Waals surface area (Å²) in [4.78, 5) is 15.9. The molecule has 270 valence electrons. The van der Waals surface area contributed by atoms with Crippen LogP contribution in [0.15, 0.2) is 197 Å². The molecule has 0 saturated heterocycles. The van der Waals surface area contributed by atoms with Crippen LogP contribution in [0.4, 0.5) is 0 Å². The zero-order valence-corrected chi connectivity index (χ0v) is 31.1. The zero-order valence-electron chi connectivity index (χ0n) is 31.1. The number of hydrogen-bond acceptors (Lipinski definition) is 5. The summed E-state index contributed by atoms with van der Waals surface area (Å²) < 4.78 is 13.5. The molecule has 12 aromatic rings. The van der Waals surface area contributed by atoms with Crippen molar-refractivity contribution >= 4 is 65.4 Å². The minimum absolute atomic E-state index is 0.565. The molecule has 0 aliphatic carbocycles.